The molecule has 2 amide bonds. The Labute approximate surface area is 178 Å². The first-order valence-corrected chi connectivity index (χ1v) is 12.5. The van der Waals surface area contributed by atoms with E-state index >= 15 is 0 Å². The number of thioether (sulfide) groups is 1. The molecule has 1 aromatic heterocycles. The minimum atomic E-state index is -2.95. The molecule has 1 fully saturated rings. The van der Waals surface area contributed by atoms with Crippen LogP contribution in [0.5, 0.6) is 0 Å². The Morgan fingerprint density at radius 2 is 2.13 bits per heavy atom. The number of aromatic nitrogens is 2. The molecular formula is C19H22N4O5S2. The molecule has 1 N–H and O–H groups in total. The normalized spacial score (nSPS) is 23.0. The van der Waals surface area contributed by atoms with Crippen LogP contribution in [0.2, 0.25) is 0 Å². The molecule has 0 spiro atoms. The van der Waals surface area contributed by atoms with Crippen LogP contribution in [-0.4, -0.2) is 53.7 Å². The predicted octanol–water partition coefficient (Wildman–Crippen LogP) is 1.90. The van der Waals surface area contributed by atoms with Crippen molar-refractivity contribution in [2.24, 2.45) is 5.92 Å². The molecule has 160 valence electrons. The number of nitrogens with one attached hydrogen (secondary N) is 1. The van der Waals surface area contributed by atoms with E-state index in [2.05, 4.69) is 15.5 Å². The number of carbonyl (C=O) groups is 2. The number of benzene rings is 1. The van der Waals surface area contributed by atoms with Crippen molar-refractivity contribution in [3.8, 4) is 0 Å². The zero-order chi connectivity index (χ0) is 21.3. The largest absolute Gasteiger partial charge is 0.416 e. The van der Waals surface area contributed by atoms with E-state index in [1.165, 1.54) is 0 Å². The van der Waals surface area contributed by atoms with E-state index in [-0.39, 0.29) is 52.7 Å². The van der Waals surface area contributed by atoms with E-state index in [1.54, 1.807) is 17.0 Å². The fourth-order valence-electron chi connectivity index (χ4n) is 3.82. The van der Waals surface area contributed by atoms with Gasteiger partial charge in [0.25, 0.3) is 5.22 Å². The number of rotatable bonds is 5. The van der Waals surface area contributed by atoms with Crippen LogP contribution in [0.15, 0.2) is 33.9 Å². The van der Waals surface area contributed by atoms with Crippen LogP contribution in [-0.2, 0) is 25.8 Å². The van der Waals surface area contributed by atoms with E-state index < -0.39 is 9.84 Å². The Bertz CT molecular complexity index is 1070. The van der Waals surface area contributed by atoms with Gasteiger partial charge in [0.05, 0.1) is 28.6 Å². The average Bonchev–Trinajstić information content (AvgIpc) is 3.23. The maximum absolute atomic E-state index is 13.0. The summed E-state index contributed by atoms with van der Waals surface area (Å²) in [6.07, 6.45) is 1.23. The lowest BCUT2D eigenvalue weighted by atomic mass is 10.1. The van der Waals surface area contributed by atoms with Crippen molar-refractivity contribution in [3.05, 3.63) is 30.2 Å². The van der Waals surface area contributed by atoms with Gasteiger partial charge in [0.2, 0.25) is 17.7 Å². The third kappa shape index (κ3) is 4.67. The predicted molar refractivity (Wildman–Crippen MR) is 112 cm³/mol. The first kappa shape index (κ1) is 20.9. The summed E-state index contributed by atoms with van der Waals surface area (Å²) < 4.78 is 28.8. The molecule has 0 unspecified atom stereocenters. The number of para-hydroxylation sites is 2. The summed E-state index contributed by atoms with van der Waals surface area (Å²) in [7, 11) is -2.95. The fraction of sp³-hybridized carbons (Fsp3) is 0.474. The molecule has 2 aliphatic heterocycles. The van der Waals surface area contributed by atoms with E-state index in [4.69, 9.17) is 4.42 Å². The summed E-state index contributed by atoms with van der Waals surface area (Å²) in [5.74, 6) is 0.507. The highest BCUT2D eigenvalue weighted by molar-refractivity contribution is 7.99. The maximum atomic E-state index is 13.0. The van der Waals surface area contributed by atoms with Gasteiger partial charge in [0.15, 0.2) is 9.84 Å². The Morgan fingerprint density at radius 3 is 2.90 bits per heavy atom. The molecular weight excluding hydrogens is 428 g/mol. The monoisotopic (exact) mass is 450 g/mol. The molecule has 30 heavy (non-hydrogen) atoms. The second-order valence-electron chi connectivity index (χ2n) is 7.61. The first-order chi connectivity index (χ1) is 14.3. The SMILES string of the molecule is C[C@H]1CC(=O)Nc2ccccc2N1C(=O)CSc1nnc(C[C@@H]2CCS(=O)(=O)C2)o1. The van der Waals surface area contributed by atoms with Crippen LogP contribution in [0.3, 0.4) is 0 Å². The number of sulfone groups is 1. The second kappa shape index (κ2) is 8.38. The molecule has 11 heteroatoms. The van der Waals surface area contributed by atoms with Crippen molar-refractivity contribution < 1.29 is 22.4 Å². The van der Waals surface area contributed by atoms with Gasteiger partial charge < -0.3 is 14.6 Å². The Hall–Kier alpha value is -2.40. The Balaban J connectivity index is 1.40. The van der Waals surface area contributed by atoms with Crippen molar-refractivity contribution in [1.29, 1.82) is 0 Å². The third-order valence-corrected chi connectivity index (χ3v) is 7.83. The summed E-state index contributed by atoms with van der Waals surface area (Å²) in [4.78, 5) is 26.7. The van der Waals surface area contributed by atoms with Crippen LogP contribution in [0.4, 0.5) is 11.4 Å². The Morgan fingerprint density at radius 1 is 1.33 bits per heavy atom. The summed E-state index contributed by atoms with van der Waals surface area (Å²) >= 11 is 1.13. The molecule has 9 nitrogen and oxygen atoms in total. The topological polar surface area (TPSA) is 122 Å². The molecule has 4 rings (SSSR count). The molecule has 0 aliphatic carbocycles. The summed E-state index contributed by atoms with van der Waals surface area (Å²) in [6, 6.07) is 6.92. The van der Waals surface area contributed by atoms with Crippen molar-refractivity contribution in [1.82, 2.24) is 10.2 Å². The smallest absolute Gasteiger partial charge is 0.277 e. The summed E-state index contributed by atoms with van der Waals surface area (Å²) in [5.41, 5.74) is 1.27. The molecule has 1 aromatic carbocycles. The molecule has 0 bridgehead atoms. The van der Waals surface area contributed by atoms with Crippen LogP contribution in [0.25, 0.3) is 0 Å². The molecule has 2 atom stereocenters. The van der Waals surface area contributed by atoms with Crippen molar-refractivity contribution in [2.75, 3.05) is 27.5 Å². The highest BCUT2D eigenvalue weighted by atomic mass is 32.2. The van der Waals surface area contributed by atoms with Gasteiger partial charge in [-0.3, -0.25) is 9.59 Å². The van der Waals surface area contributed by atoms with Gasteiger partial charge >= 0.3 is 0 Å². The van der Waals surface area contributed by atoms with Gasteiger partial charge in [0.1, 0.15) is 0 Å². The van der Waals surface area contributed by atoms with Crippen molar-refractivity contribution >= 4 is 44.8 Å². The highest BCUT2D eigenvalue weighted by Gasteiger charge is 2.31. The lowest BCUT2D eigenvalue weighted by Crippen LogP contribution is -2.40. The molecule has 2 aromatic rings. The average molecular weight is 451 g/mol. The Kier molecular flexibility index (Phi) is 5.83. The number of hydrogen-bond donors (Lipinski definition) is 1. The number of amides is 2. The number of nitrogens with zero attached hydrogens (tertiary/aromatic N) is 3. The molecule has 1 saturated heterocycles. The number of hydrogen-bond acceptors (Lipinski definition) is 8. The maximum Gasteiger partial charge on any atom is 0.277 e. The molecule has 0 radical (unpaired) electrons. The van der Waals surface area contributed by atoms with Gasteiger partial charge in [0, 0.05) is 18.9 Å². The van der Waals surface area contributed by atoms with Crippen LogP contribution >= 0.6 is 11.8 Å². The number of fused-ring (bicyclic) bond motifs is 1. The van der Waals surface area contributed by atoms with Gasteiger partial charge in [-0.05, 0) is 31.4 Å². The van der Waals surface area contributed by atoms with Gasteiger partial charge in [-0.2, -0.15) is 0 Å². The van der Waals surface area contributed by atoms with E-state index in [1.807, 2.05) is 19.1 Å². The highest BCUT2D eigenvalue weighted by Crippen LogP contribution is 2.32. The second-order valence-corrected chi connectivity index (χ2v) is 10.8. The zero-order valence-corrected chi connectivity index (χ0v) is 18.0. The van der Waals surface area contributed by atoms with Crippen LogP contribution in [0.1, 0.15) is 25.7 Å². The standard InChI is InChI=1S/C19H22N4O5S2/c1-12-8-16(24)20-14-4-2-3-5-15(14)23(12)18(25)10-29-19-22-21-17(28-19)9-13-6-7-30(26,27)11-13/h2-5,12-13H,6-11H2,1H3,(H,20,24)/t12-,13-/m0/s1. The quantitative estimate of drug-likeness (QED) is 0.686. The van der Waals surface area contributed by atoms with E-state index in [0.29, 0.717) is 30.1 Å². The summed E-state index contributed by atoms with van der Waals surface area (Å²) in [6.45, 7) is 1.84. The van der Waals surface area contributed by atoms with Crippen molar-refractivity contribution in [2.45, 2.75) is 37.5 Å². The number of anilines is 2. The van der Waals surface area contributed by atoms with Crippen molar-refractivity contribution in [3.63, 3.8) is 0 Å². The van der Waals surface area contributed by atoms with E-state index in [0.717, 1.165) is 11.8 Å². The lowest BCUT2D eigenvalue weighted by molar-refractivity contribution is -0.117. The summed E-state index contributed by atoms with van der Waals surface area (Å²) in [5, 5.41) is 11.0. The van der Waals surface area contributed by atoms with Gasteiger partial charge in [-0.15, -0.1) is 10.2 Å². The molecule has 0 saturated carbocycles. The van der Waals surface area contributed by atoms with E-state index in [9.17, 15) is 18.0 Å². The molecule has 2 aliphatic rings. The van der Waals surface area contributed by atoms with Crippen LogP contribution < -0.4 is 10.2 Å². The minimum absolute atomic E-state index is 0.00517. The van der Waals surface area contributed by atoms with Gasteiger partial charge in [-0.25, -0.2) is 8.42 Å². The first-order valence-electron chi connectivity index (χ1n) is 9.67. The minimum Gasteiger partial charge on any atom is -0.416 e. The zero-order valence-electron chi connectivity index (χ0n) is 16.4. The third-order valence-electron chi connectivity index (χ3n) is 5.19. The van der Waals surface area contributed by atoms with Gasteiger partial charge in [-0.1, -0.05) is 23.9 Å². The molecule has 3 heterocycles. The lowest BCUT2D eigenvalue weighted by Gasteiger charge is -2.27. The fourth-order valence-corrected chi connectivity index (χ4v) is 6.32. The number of carbonyl (C=O) groups excluding carboxylic acids is 2. The van der Waals surface area contributed by atoms with Crippen LogP contribution in [0, 0.1) is 5.92 Å².